The Balaban J connectivity index is 1.48. The highest BCUT2D eigenvalue weighted by Crippen LogP contribution is 2.23. The Bertz CT molecular complexity index is 809. The fraction of sp³-hybridized carbons (Fsp3) is 0.211. The van der Waals surface area contributed by atoms with Gasteiger partial charge >= 0.3 is 0 Å². The normalized spacial score (nSPS) is 18.0. The summed E-state index contributed by atoms with van der Waals surface area (Å²) in [6, 6.07) is 17.4. The van der Waals surface area contributed by atoms with Crippen molar-refractivity contribution in [3.63, 3.8) is 0 Å². The van der Waals surface area contributed by atoms with Crippen molar-refractivity contribution in [2.75, 3.05) is 11.9 Å². The monoisotopic (exact) mass is 431 g/mol. The molecular weight excluding hydrogens is 414 g/mol. The van der Waals surface area contributed by atoms with Gasteiger partial charge in [-0.3, -0.25) is 14.6 Å². The second kappa shape index (κ2) is 9.00. The third-order valence-electron chi connectivity index (χ3n) is 3.77. The predicted molar refractivity (Wildman–Crippen MR) is 109 cm³/mol. The first-order valence-corrected chi connectivity index (χ1v) is 9.89. The molecule has 2 aromatic carbocycles. The minimum Gasteiger partial charge on any atom is -0.326 e. The molecule has 2 amide bonds. The molecule has 0 aliphatic carbocycles. The Hall–Kier alpha value is -2.12. The SMILES string of the molecule is O=C(C[C@@H]1SC(=NCCc2ccccc2)NC1=O)Nc1ccc(Br)cc1. The zero-order valence-electron chi connectivity index (χ0n) is 13.9. The Kier molecular flexibility index (Phi) is 6.46. The maximum Gasteiger partial charge on any atom is 0.240 e. The summed E-state index contributed by atoms with van der Waals surface area (Å²) in [4.78, 5) is 28.6. The van der Waals surface area contributed by atoms with Gasteiger partial charge in [-0.2, -0.15) is 0 Å². The lowest BCUT2D eigenvalue weighted by Gasteiger charge is -2.07. The number of rotatable bonds is 6. The highest BCUT2D eigenvalue weighted by Gasteiger charge is 2.31. The van der Waals surface area contributed by atoms with Crippen LogP contribution in [0.1, 0.15) is 12.0 Å². The van der Waals surface area contributed by atoms with Crippen molar-refractivity contribution < 1.29 is 9.59 Å². The van der Waals surface area contributed by atoms with E-state index in [-0.39, 0.29) is 18.2 Å². The lowest BCUT2D eigenvalue weighted by molar-refractivity contribution is -0.122. The average molecular weight is 432 g/mol. The second-order valence-electron chi connectivity index (χ2n) is 5.78. The summed E-state index contributed by atoms with van der Waals surface area (Å²) in [5.74, 6) is -0.357. The van der Waals surface area contributed by atoms with Gasteiger partial charge in [-0.25, -0.2) is 0 Å². The largest absolute Gasteiger partial charge is 0.326 e. The number of hydrogen-bond donors (Lipinski definition) is 2. The Morgan fingerprint density at radius 2 is 1.88 bits per heavy atom. The van der Waals surface area contributed by atoms with Crippen LogP contribution in [0.3, 0.4) is 0 Å². The van der Waals surface area contributed by atoms with Crippen LogP contribution in [0.25, 0.3) is 0 Å². The molecule has 2 N–H and O–H groups in total. The second-order valence-corrected chi connectivity index (χ2v) is 7.88. The van der Waals surface area contributed by atoms with Crippen LogP contribution in [0.5, 0.6) is 0 Å². The van der Waals surface area contributed by atoms with Gasteiger partial charge in [0.25, 0.3) is 0 Å². The molecule has 0 spiro atoms. The van der Waals surface area contributed by atoms with Crippen LogP contribution in [0, 0.1) is 0 Å². The number of benzene rings is 2. The van der Waals surface area contributed by atoms with Gasteiger partial charge in [0.1, 0.15) is 5.25 Å². The predicted octanol–water partition coefficient (Wildman–Crippen LogP) is 3.61. The molecule has 0 aromatic heterocycles. The van der Waals surface area contributed by atoms with Crippen LogP contribution >= 0.6 is 27.7 Å². The number of aliphatic imine (C=N–C) groups is 1. The number of nitrogens with one attached hydrogen (secondary N) is 2. The molecule has 0 saturated carbocycles. The number of carbonyl (C=O) groups is 2. The van der Waals surface area contributed by atoms with Crippen LogP contribution in [0.4, 0.5) is 5.69 Å². The zero-order valence-corrected chi connectivity index (χ0v) is 16.3. The molecule has 7 heteroatoms. The van der Waals surface area contributed by atoms with E-state index in [1.54, 1.807) is 12.1 Å². The van der Waals surface area contributed by atoms with E-state index in [4.69, 9.17) is 0 Å². The molecule has 1 saturated heterocycles. The van der Waals surface area contributed by atoms with Crippen molar-refractivity contribution in [3.8, 4) is 0 Å². The van der Waals surface area contributed by atoms with Crippen molar-refractivity contribution in [1.82, 2.24) is 5.32 Å². The summed E-state index contributed by atoms with van der Waals surface area (Å²) < 4.78 is 0.942. The number of nitrogens with zero attached hydrogens (tertiary/aromatic N) is 1. The summed E-state index contributed by atoms with van der Waals surface area (Å²) >= 11 is 4.67. The van der Waals surface area contributed by atoms with E-state index in [2.05, 4.69) is 43.7 Å². The molecule has 0 radical (unpaired) electrons. The molecule has 1 atom stereocenters. The fourth-order valence-corrected chi connectivity index (χ4v) is 3.72. The lowest BCUT2D eigenvalue weighted by atomic mass is 10.2. The van der Waals surface area contributed by atoms with Crippen molar-refractivity contribution in [2.24, 2.45) is 4.99 Å². The van der Waals surface area contributed by atoms with E-state index in [9.17, 15) is 9.59 Å². The molecule has 134 valence electrons. The highest BCUT2D eigenvalue weighted by molar-refractivity contribution is 9.10. The molecular formula is C19H18BrN3O2S. The molecule has 0 unspecified atom stereocenters. The smallest absolute Gasteiger partial charge is 0.240 e. The molecule has 26 heavy (non-hydrogen) atoms. The van der Waals surface area contributed by atoms with Gasteiger partial charge < -0.3 is 10.6 Å². The average Bonchev–Trinajstić information content (AvgIpc) is 2.97. The quantitative estimate of drug-likeness (QED) is 0.733. The molecule has 1 aliphatic rings. The van der Waals surface area contributed by atoms with E-state index < -0.39 is 5.25 Å². The van der Waals surface area contributed by atoms with Crippen molar-refractivity contribution in [3.05, 3.63) is 64.6 Å². The summed E-state index contributed by atoms with van der Waals surface area (Å²) in [5.41, 5.74) is 1.91. The first-order chi connectivity index (χ1) is 12.6. The van der Waals surface area contributed by atoms with Gasteiger partial charge in [0, 0.05) is 23.1 Å². The van der Waals surface area contributed by atoms with Gasteiger partial charge in [0.2, 0.25) is 11.8 Å². The highest BCUT2D eigenvalue weighted by atomic mass is 79.9. The minimum absolute atomic E-state index is 0.115. The van der Waals surface area contributed by atoms with E-state index in [0.29, 0.717) is 17.4 Å². The fourth-order valence-electron chi connectivity index (χ4n) is 2.46. The topological polar surface area (TPSA) is 70.6 Å². The lowest BCUT2D eigenvalue weighted by Crippen LogP contribution is -2.28. The first-order valence-electron chi connectivity index (χ1n) is 8.21. The number of halogens is 1. The molecule has 3 rings (SSSR count). The minimum atomic E-state index is -0.444. The van der Waals surface area contributed by atoms with Crippen LogP contribution in [0.2, 0.25) is 0 Å². The van der Waals surface area contributed by atoms with E-state index in [0.717, 1.165) is 10.9 Å². The molecule has 2 aromatic rings. The van der Waals surface area contributed by atoms with Gasteiger partial charge in [0.05, 0.1) is 0 Å². The molecule has 1 heterocycles. The van der Waals surface area contributed by atoms with Crippen molar-refractivity contribution >= 4 is 50.4 Å². The van der Waals surface area contributed by atoms with Gasteiger partial charge in [-0.15, -0.1) is 0 Å². The maximum atomic E-state index is 12.1. The van der Waals surface area contributed by atoms with Crippen molar-refractivity contribution in [2.45, 2.75) is 18.1 Å². The standard InChI is InChI=1S/C19H18BrN3O2S/c20-14-6-8-15(9-7-14)22-17(24)12-16-18(25)23-19(26-16)21-11-10-13-4-2-1-3-5-13/h1-9,16H,10-12H2,(H,22,24)(H,21,23,25)/t16-/m0/s1. The number of carbonyl (C=O) groups excluding carboxylic acids is 2. The van der Waals surface area contributed by atoms with E-state index >= 15 is 0 Å². The Labute approximate surface area is 164 Å². The number of thioether (sulfide) groups is 1. The van der Waals surface area contributed by atoms with Crippen LogP contribution in [-0.4, -0.2) is 28.8 Å². The third kappa shape index (κ3) is 5.44. The zero-order chi connectivity index (χ0) is 18.4. The summed E-state index contributed by atoms with van der Waals surface area (Å²) in [6.45, 7) is 0.602. The Morgan fingerprint density at radius 3 is 2.62 bits per heavy atom. The number of amides is 2. The van der Waals surface area contributed by atoms with Crippen LogP contribution in [-0.2, 0) is 16.0 Å². The summed E-state index contributed by atoms with van der Waals surface area (Å²) in [7, 11) is 0. The Morgan fingerprint density at radius 1 is 1.15 bits per heavy atom. The van der Waals surface area contributed by atoms with E-state index in [1.807, 2.05) is 30.3 Å². The van der Waals surface area contributed by atoms with Crippen molar-refractivity contribution in [1.29, 1.82) is 0 Å². The van der Waals surface area contributed by atoms with Gasteiger partial charge in [-0.1, -0.05) is 58.0 Å². The van der Waals surface area contributed by atoms with Crippen LogP contribution < -0.4 is 10.6 Å². The summed E-state index contributed by atoms with van der Waals surface area (Å²) in [5, 5.41) is 5.70. The van der Waals surface area contributed by atoms with Gasteiger partial charge in [-0.05, 0) is 36.2 Å². The van der Waals surface area contributed by atoms with Crippen LogP contribution in [0.15, 0.2) is 64.1 Å². The third-order valence-corrected chi connectivity index (χ3v) is 5.42. The molecule has 1 fully saturated rings. The molecule has 0 bridgehead atoms. The van der Waals surface area contributed by atoms with Gasteiger partial charge in [0.15, 0.2) is 5.17 Å². The maximum absolute atomic E-state index is 12.1. The van der Waals surface area contributed by atoms with E-state index in [1.165, 1.54) is 17.3 Å². The first kappa shape index (κ1) is 18.7. The molecule has 5 nitrogen and oxygen atoms in total. The number of hydrogen-bond acceptors (Lipinski definition) is 4. The molecule has 1 aliphatic heterocycles. The number of anilines is 1. The number of amidine groups is 1. The summed E-state index contributed by atoms with van der Waals surface area (Å²) in [6.07, 6.45) is 0.930.